The van der Waals surface area contributed by atoms with E-state index in [1.807, 2.05) is 98.8 Å². The van der Waals surface area contributed by atoms with Crippen molar-refractivity contribution in [3.05, 3.63) is 165 Å². The predicted octanol–water partition coefficient (Wildman–Crippen LogP) is 7.74. The van der Waals surface area contributed by atoms with Gasteiger partial charge in [0.1, 0.15) is 13.2 Å². The summed E-state index contributed by atoms with van der Waals surface area (Å²) in [6.45, 7) is 9.75. The van der Waals surface area contributed by atoms with Gasteiger partial charge in [-0.05, 0) is 72.2 Å². The normalized spacial score (nSPS) is 10.6. The van der Waals surface area contributed by atoms with E-state index >= 15 is 0 Å². The Morgan fingerprint density at radius 1 is 0.588 bits per heavy atom. The van der Waals surface area contributed by atoms with Crippen molar-refractivity contribution in [2.24, 2.45) is 0 Å². The van der Waals surface area contributed by atoms with Crippen LogP contribution in [0.25, 0.3) is 0 Å². The molecule has 0 radical (unpaired) electrons. The van der Waals surface area contributed by atoms with Crippen LogP contribution in [-0.4, -0.2) is 43.7 Å². The highest BCUT2D eigenvalue weighted by Crippen LogP contribution is 2.21. The van der Waals surface area contributed by atoms with Crippen LogP contribution in [-0.2, 0) is 31.0 Å². The van der Waals surface area contributed by atoms with Crippen LogP contribution in [0.4, 0.5) is 0 Å². The number of carboxylic acids is 1. The Morgan fingerprint density at radius 2 is 0.980 bits per heavy atom. The Balaban J connectivity index is 0.000000198. The van der Waals surface area contributed by atoms with Gasteiger partial charge in [-0.25, -0.2) is 19.0 Å². The summed E-state index contributed by atoms with van der Waals surface area (Å²) in [5.74, 6) is -0.737. The van der Waals surface area contributed by atoms with Gasteiger partial charge in [-0.3, -0.25) is 0 Å². The molecule has 2 heterocycles. The van der Waals surface area contributed by atoms with Crippen molar-refractivity contribution in [3.8, 4) is 11.8 Å². The number of esters is 1. The number of hydrogen-bond donors (Lipinski definition) is 1. The second-order valence-corrected chi connectivity index (χ2v) is 12.1. The molecule has 0 aliphatic rings. The van der Waals surface area contributed by atoms with E-state index in [4.69, 9.17) is 14.2 Å². The number of carboxylic acid groups (broad SMARTS) is 1. The first-order valence-corrected chi connectivity index (χ1v) is 16.5. The molecule has 2 aromatic heterocycles. The van der Waals surface area contributed by atoms with Crippen molar-refractivity contribution in [1.82, 2.24) is 19.6 Å². The van der Waals surface area contributed by atoms with E-state index in [0.717, 1.165) is 44.5 Å². The van der Waals surface area contributed by atoms with Crippen LogP contribution in [0.5, 0.6) is 11.8 Å². The first-order chi connectivity index (χ1) is 24.6. The number of rotatable bonds is 12. The molecule has 10 heteroatoms. The lowest BCUT2D eigenvalue weighted by Gasteiger charge is -2.11. The molecule has 0 bridgehead atoms. The quantitative estimate of drug-likeness (QED) is 0.130. The zero-order valence-electron chi connectivity index (χ0n) is 29.5. The average Bonchev–Trinajstić information content (AvgIpc) is 3.74. The number of aromatic carboxylic acids is 1. The molecule has 0 fully saturated rings. The lowest BCUT2D eigenvalue weighted by atomic mass is 10.0. The minimum atomic E-state index is -1.02. The van der Waals surface area contributed by atoms with Gasteiger partial charge in [-0.1, -0.05) is 97.1 Å². The number of ether oxygens (including phenoxy) is 3. The van der Waals surface area contributed by atoms with Crippen LogP contribution in [0.1, 0.15) is 65.5 Å². The zero-order chi connectivity index (χ0) is 36.3. The molecule has 0 atom stereocenters. The SMILES string of the molecule is COC(=O)c1cc(OCc2ccccc2)nn1Cc1c(C)cccc1C.Cc1cccc(C)c1Cn1nc(OCc2ccccc2)cc1C(=O)O. The van der Waals surface area contributed by atoms with Crippen molar-refractivity contribution in [2.45, 2.75) is 54.0 Å². The molecular formula is C41H42N4O6. The third-order valence-electron chi connectivity index (χ3n) is 8.49. The molecule has 10 nitrogen and oxygen atoms in total. The predicted molar refractivity (Wildman–Crippen MR) is 194 cm³/mol. The Morgan fingerprint density at radius 3 is 1.37 bits per heavy atom. The molecule has 0 aliphatic carbocycles. The molecule has 0 amide bonds. The summed E-state index contributed by atoms with van der Waals surface area (Å²) in [5, 5.41) is 18.3. The van der Waals surface area contributed by atoms with Gasteiger partial charge in [0.25, 0.3) is 0 Å². The minimum Gasteiger partial charge on any atom is -0.477 e. The average molecular weight is 687 g/mol. The number of methoxy groups -OCH3 is 1. The number of aromatic nitrogens is 4. The van der Waals surface area contributed by atoms with Crippen LogP contribution in [0.3, 0.4) is 0 Å². The Labute approximate surface area is 297 Å². The maximum atomic E-state index is 12.1. The number of carbonyl (C=O) groups excluding carboxylic acids is 1. The smallest absolute Gasteiger partial charge is 0.356 e. The maximum Gasteiger partial charge on any atom is 0.356 e. The topological polar surface area (TPSA) is 118 Å². The van der Waals surface area contributed by atoms with Crippen molar-refractivity contribution in [1.29, 1.82) is 0 Å². The zero-order valence-corrected chi connectivity index (χ0v) is 29.5. The highest BCUT2D eigenvalue weighted by Gasteiger charge is 2.19. The van der Waals surface area contributed by atoms with Crippen molar-refractivity contribution < 1.29 is 28.9 Å². The minimum absolute atomic E-state index is 0.116. The molecule has 6 aromatic rings. The summed E-state index contributed by atoms with van der Waals surface area (Å²) in [7, 11) is 1.36. The lowest BCUT2D eigenvalue weighted by Crippen LogP contribution is -2.14. The number of nitrogens with zero attached hydrogens (tertiary/aromatic N) is 4. The third kappa shape index (κ3) is 9.51. The summed E-state index contributed by atoms with van der Waals surface area (Å²) in [6, 6.07) is 34.8. The van der Waals surface area contributed by atoms with Gasteiger partial charge in [0.15, 0.2) is 11.4 Å². The Kier molecular flexibility index (Phi) is 12.0. The molecule has 6 rings (SSSR count). The third-order valence-corrected chi connectivity index (χ3v) is 8.49. The van der Waals surface area contributed by atoms with Gasteiger partial charge >= 0.3 is 11.9 Å². The Bertz CT molecular complexity index is 2050. The molecule has 0 saturated heterocycles. The van der Waals surface area contributed by atoms with Gasteiger partial charge < -0.3 is 19.3 Å². The van der Waals surface area contributed by atoms with Gasteiger partial charge in [0.05, 0.1) is 20.2 Å². The van der Waals surface area contributed by atoms with E-state index in [2.05, 4.69) is 36.2 Å². The first kappa shape index (κ1) is 36.1. The highest BCUT2D eigenvalue weighted by atomic mass is 16.5. The van der Waals surface area contributed by atoms with Gasteiger partial charge in [0.2, 0.25) is 11.8 Å². The lowest BCUT2D eigenvalue weighted by molar-refractivity contribution is 0.0586. The fourth-order valence-corrected chi connectivity index (χ4v) is 5.57. The van der Waals surface area contributed by atoms with Crippen LogP contribution >= 0.6 is 0 Å². The molecular weight excluding hydrogens is 644 g/mol. The van der Waals surface area contributed by atoms with Crippen molar-refractivity contribution in [2.75, 3.05) is 7.11 Å². The van der Waals surface area contributed by atoms with Crippen LogP contribution in [0.2, 0.25) is 0 Å². The molecule has 0 aliphatic heterocycles. The first-order valence-electron chi connectivity index (χ1n) is 16.5. The van der Waals surface area contributed by atoms with E-state index in [1.54, 1.807) is 10.7 Å². The van der Waals surface area contributed by atoms with Gasteiger partial charge in [-0.2, -0.15) is 0 Å². The second-order valence-electron chi connectivity index (χ2n) is 12.1. The summed E-state index contributed by atoms with van der Waals surface area (Å²) in [5.41, 5.74) is 9.27. The summed E-state index contributed by atoms with van der Waals surface area (Å²) in [6.07, 6.45) is 0. The molecule has 0 spiro atoms. The fraction of sp³-hybridized carbons (Fsp3) is 0.220. The molecule has 4 aromatic carbocycles. The summed E-state index contributed by atoms with van der Waals surface area (Å²) >= 11 is 0. The van der Waals surface area contributed by atoms with Gasteiger partial charge in [0, 0.05) is 12.1 Å². The van der Waals surface area contributed by atoms with Crippen LogP contribution in [0, 0.1) is 27.7 Å². The number of carbonyl (C=O) groups is 2. The van der Waals surface area contributed by atoms with E-state index < -0.39 is 11.9 Å². The monoisotopic (exact) mass is 686 g/mol. The number of aryl methyl sites for hydroxylation is 4. The van der Waals surface area contributed by atoms with E-state index in [-0.39, 0.29) is 5.69 Å². The molecule has 1 N–H and O–H groups in total. The fourth-order valence-electron chi connectivity index (χ4n) is 5.57. The molecule has 0 saturated carbocycles. The molecule has 0 unspecified atom stereocenters. The summed E-state index contributed by atoms with van der Waals surface area (Å²) in [4.78, 5) is 23.7. The van der Waals surface area contributed by atoms with E-state index in [9.17, 15) is 14.7 Å². The van der Waals surface area contributed by atoms with Crippen LogP contribution < -0.4 is 9.47 Å². The number of hydrogen-bond acceptors (Lipinski definition) is 7. The van der Waals surface area contributed by atoms with Crippen LogP contribution in [0.15, 0.2) is 109 Å². The highest BCUT2D eigenvalue weighted by molar-refractivity contribution is 5.88. The largest absolute Gasteiger partial charge is 0.477 e. The number of benzene rings is 4. The maximum absolute atomic E-state index is 12.1. The van der Waals surface area contributed by atoms with E-state index in [0.29, 0.717) is 43.8 Å². The molecule has 262 valence electrons. The van der Waals surface area contributed by atoms with Crippen molar-refractivity contribution >= 4 is 11.9 Å². The summed E-state index contributed by atoms with van der Waals surface area (Å²) < 4.78 is 19.5. The second kappa shape index (κ2) is 17.0. The Hall–Kier alpha value is -6.16. The van der Waals surface area contributed by atoms with Gasteiger partial charge in [-0.15, -0.1) is 10.2 Å². The van der Waals surface area contributed by atoms with Crippen molar-refractivity contribution in [3.63, 3.8) is 0 Å². The standard InChI is InChI=1S/C21H22N2O3.C20H20N2O3/c1-15-8-7-9-16(2)18(15)13-23-19(21(24)25-3)12-20(22-23)26-14-17-10-5-4-6-11-17;1-14-7-6-8-15(2)17(14)12-22-18(20(23)24)11-19(21-22)25-13-16-9-4-3-5-10-16/h4-12H,13-14H2,1-3H3;3-11H,12-13H2,1-2H3,(H,23,24). The molecule has 51 heavy (non-hydrogen) atoms. The van der Waals surface area contributed by atoms with E-state index in [1.165, 1.54) is 17.9 Å².